The lowest BCUT2D eigenvalue weighted by atomic mass is 10.1. The third kappa shape index (κ3) is 19.2. The minimum atomic E-state index is -0.945. The van der Waals surface area contributed by atoms with Crippen LogP contribution in [0.1, 0.15) is 77.6 Å². The Morgan fingerprint density at radius 1 is 0.929 bits per heavy atom. The number of hydrogen-bond acceptors (Lipinski definition) is 3. The molecule has 0 aliphatic carbocycles. The quantitative estimate of drug-likeness (QED) is 0.161. The van der Waals surface area contributed by atoms with Crippen LogP contribution in [-0.4, -0.2) is 55.3 Å². The lowest BCUT2D eigenvalue weighted by molar-refractivity contribution is -0.873. The van der Waals surface area contributed by atoms with Crippen LogP contribution < -0.4 is 0 Å². The van der Waals surface area contributed by atoms with E-state index in [1.165, 1.54) is 38.5 Å². The normalized spacial score (nSPS) is 13.3. The molecular formula is C23H42NO4+. The Morgan fingerprint density at radius 3 is 2.14 bits per heavy atom. The molecule has 0 aromatic heterocycles. The molecule has 1 N–H and O–H groups in total. The molecule has 0 heterocycles. The van der Waals surface area contributed by atoms with E-state index < -0.39 is 12.1 Å². The number of ether oxygens (including phenoxy) is 1. The first-order valence-corrected chi connectivity index (χ1v) is 10.8. The van der Waals surface area contributed by atoms with Crippen molar-refractivity contribution < 1.29 is 23.9 Å². The molecule has 1 atom stereocenters. The van der Waals surface area contributed by atoms with Crippen LogP contribution in [0.4, 0.5) is 0 Å². The highest BCUT2D eigenvalue weighted by atomic mass is 16.5. The van der Waals surface area contributed by atoms with Crippen molar-refractivity contribution in [2.24, 2.45) is 0 Å². The van der Waals surface area contributed by atoms with Gasteiger partial charge in [0.15, 0.2) is 6.10 Å². The molecular weight excluding hydrogens is 354 g/mol. The highest BCUT2D eigenvalue weighted by Crippen LogP contribution is 2.09. The fourth-order valence-electron chi connectivity index (χ4n) is 2.94. The summed E-state index contributed by atoms with van der Waals surface area (Å²) in [5.41, 5.74) is 0. The summed E-state index contributed by atoms with van der Waals surface area (Å²) in [6.45, 7) is 2.72. The van der Waals surface area contributed by atoms with Crippen LogP contribution in [0, 0.1) is 0 Å². The number of aliphatic carboxylic acids is 1. The number of likely N-dealkylation sites (N-methyl/N-ethyl adjacent to an activating group) is 1. The van der Waals surface area contributed by atoms with Gasteiger partial charge in [-0.15, -0.1) is 0 Å². The second-order valence-corrected chi connectivity index (χ2v) is 8.46. The number of rotatable bonds is 17. The third-order valence-corrected chi connectivity index (χ3v) is 4.30. The SMILES string of the molecule is CCCCCCCC/C=C\C/C=C/CCC(=O)OC(CC(=O)O)C[N+](C)(C)C. The average molecular weight is 397 g/mol. The van der Waals surface area contributed by atoms with Gasteiger partial charge in [-0.05, 0) is 25.7 Å². The molecule has 28 heavy (non-hydrogen) atoms. The summed E-state index contributed by atoms with van der Waals surface area (Å²) in [7, 11) is 5.85. The van der Waals surface area contributed by atoms with E-state index in [1.54, 1.807) is 0 Å². The van der Waals surface area contributed by atoms with Crippen LogP contribution in [0.15, 0.2) is 24.3 Å². The van der Waals surface area contributed by atoms with Crippen LogP contribution in [0.5, 0.6) is 0 Å². The molecule has 0 aliphatic rings. The largest absolute Gasteiger partial charge is 0.481 e. The number of nitrogens with zero attached hydrogens (tertiary/aromatic N) is 1. The topological polar surface area (TPSA) is 63.6 Å². The number of quaternary nitrogens is 1. The van der Waals surface area contributed by atoms with Gasteiger partial charge in [-0.25, -0.2) is 0 Å². The molecule has 0 aromatic carbocycles. The van der Waals surface area contributed by atoms with Crippen molar-refractivity contribution in [3.8, 4) is 0 Å². The van der Waals surface area contributed by atoms with Crippen molar-refractivity contribution >= 4 is 11.9 Å². The van der Waals surface area contributed by atoms with Gasteiger partial charge in [-0.1, -0.05) is 63.3 Å². The first-order valence-electron chi connectivity index (χ1n) is 10.8. The summed E-state index contributed by atoms with van der Waals surface area (Å²) >= 11 is 0. The summed E-state index contributed by atoms with van der Waals surface area (Å²) in [5.74, 6) is -1.28. The van der Waals surface area contributed by atoms with Crippen molar-refractivity contribution in [1.29, 1.82) is 0 Å². The number of carboxylic acid groups (broad SMARTS) is 1. The van der Waals surface area contributed by atoms with Gasteiger partial charge in [-0.2, -0.15) is 0 Å². The summed E-state index contributed by atoms with van der Waals surface area (Å²) in [6, 6.07) is 0. The fourth-order valence-corrected chi connectivity index (χ4v) is 2.94. The first-order chi connectivity index (χ1) is 13.2. The fraction of sp³-hybridized carbons (Fsp3) is 0.739. The zero-order valence-corrected chi connectivity index (χ0v) is 18.5. The second kappa shape index (κ2) is 16.3. The van der Waals surface area contributed by atoms with E-state index in [-0.39, 0.29) is 18.8 Å². The summed E-state index contributed by atoms with van der Waals surface area (Å²) in [6.07, 6.45) is 18.6. The number of carboxylic acids is 1. The molecule has 0 rings (SSSR count). The molecule has 0 saturated heterocycles. The van der Waals surface area contributed by atoms with Crippen LogP contribution in [0.2, 0.25) is 0 Å². The van der Waals surface area contributed by atoms with Crippen molar-refractivity contribution in [2.75, 3.05) is 27.7 Å². The van der Waals surface area contributed by atoms with Crippen molar-refractivity contribution in [3.63, 3.8) is 0 Å². The monoisotopic (exact) mass is 396 g/mol. The maximum Gasteiger partial charge on any atom is 0.307 e. The van der Waals surface area contributed by atoms with Gasteiger partial charge in [0.2, 0.25) is 0 Å². The Balaban J connectivity index is 3.88. The van der Waals surface area contributed by atoms with Crippen LogP contribution >= 0.6 is 0 Å². The smallest absolute Gasteiger partial charge is 0.307 e. The van der Waals surface area contributed by atoms with Gasteiger partial charge < -0.3 is 14.3 Å². The standard InChI is InChI=1S/C23H41NO4/c1-5-6-7-8-9-10-11-12-13-14-15-16-17-18-23(27)28-21(19-22(25)26)20-24(2,3)4/h12-13,15-16,21H,5-11,14,17-20H2,1-4H3/p+1/b13-12-,16-15+. The van der Waals surface area contributed by atoms with E-state index in [0.29, 0.717) is 17.4 Å². The number of hydrogen-bond donors (Lipinski definition) is 1. The minimum absolute atomic E-state index is 0.152. The van der Waals surface area contributed by atoms with E-state index in [9.17, 15) is 9.59 Å². The van der Waals surface area contributed by atoms with Gasteiger partial charge in [0, 0.05) is 6.42 Å². The Morgan fingerprint density at radius 2 is 1.54 bits per heavy atom. The second-order valence-electron chi connectivity index (χ2n) is 8.46. The molecule has 0 amide bonds. The number of unbranched alkanes of at least 4 members (excludes halogenated alkanes) is 6. The summed E-state index contributed by atoms with van der Waals surface area (Å²) in [5, 5.41) is 8.98. The number of carbonyl (C=O) groups is 2. The van der Waals surface area contributed by atoms with E-state index >= 15 is 0 Å². The molecule has 0 bridgehead atoms. The highest BCUT2D eigenvalue weighted by Gasteiger charge is 2.24. The Kier molecular flexibility index (Phi) is 15.4. The van der Waals surface area contributed by atoms with Crippen LogP contribution in [0.3, 0.4) is 0 Å². The molecule has 0 saturated carbocycles. The zero-order chi connectivity index (χ0) is 21.3. The van der Waals surface area contributed by atoms with Gasteiger partial charge in [-0.3, -0.25) is 9.59 Å². The zero-order valence-electron chi connectivity index (χ0n) is 18.5. The first kappa shape index (κ1) is 26.4. The van der Waals surface area contributed by atoms with E-state index in [2.05, 4.69) is 25.2 Å². The lowest BCUT2D eigenvalue weighted by Crippen LogP contribution is -2.43. The summed E-state index contributed by atoms with van der Waals surface area (Å²) < 4.78 is 5.91. The molecule has 0 radical (unpaired) electrons. The molecule has 0 aromatic rings. The molecule has 5 heteroatoms. The van der Waals surface area contributed by atoms with Gasteiger partial charge >= 0.3 is 11.9 Å². The minimum Gasteiger partial charge on any atom is -0.481 e. The van der Waals surface area contributed by atoms with E-state index in [4.69, 9.17) is 9.84 Å². The Labute approximate surface area is 172 Å². The molecule has 1 unspecified atom stereocenters. The van der Waals surface area contributed by atoms with Crippen molar-refractivity contribution in [1.82, 2.24) is 0 Å². The van der Waals surface area contributed by atoms with Crippen molar-refractivity contribution in [3.05, 3.63) is 24.3 Å². The Hall–Kier alpha value is -1.62. The van der Waals surface area contributed by atoms with Crippen LogP contribution in [0.25, 0.3) is 0 Å². The molecule has 0 fully saturated rings. The van der Waals surface area contributed by atoms with E-state index in [1.807, 2.05) is 27.2 Å². The molecule has 0 aliphatic heterocycles. The number of carbonyl (C=O) groups excluding carboxylic acids is 1. The predicted octanol–water partition coefficient (Wildman–Crippen LogP) is 5.11. The number of esters is 1. The van der Waals surface area contributed by atoms with Crippen LogP contribution in [-0.2, 0) is 14.3 Å². The van der Waals surface area contributed by atoms with Gasteiger partial charge in [0.05, 0.1) is 27.6 Å². The molecule has 0 spiro atoms. The molecule has 5 nitrogen and oxygen atoms in total. The van der Waals surface area contributed by atoms with Crippen molar-refractivity contribution in [2.45, 2.75) is 83.7 Å². The average Bonchev–Trinajstić information content (AvgIpc) is 2.56. The number of allylic oxidation sites excluding steroid dienone is 4. The van der Waals surface area contributed by atoms with Gasteiger partial charge in [0.25, 0.3) is 0 Å². The third-order valence-electron chi connectivity index (χ3n) is 4.30. The maximum absolute atomic E-state index is 12.0. The Bertz CT molecular complexity index is 477. The highest BCUT2D eigenvalue weighted by molar-refractivity contribution is 5.71. The maximum atomic E-state index is 12.0. The lowest BCUT2D eigenvalue weighted by Gasteiger charge is -2.28. The summed E-state index contributed by atoms with van der Waals surface area (Å²) in [4.78, 5) is 22.9. The molecule has 162 valence electrons. The van der Waals surface area contributed by atoms with Gasteiger partial charge in [0.1, 0.15) is 6.54 Å². The predicted molar refractivity (Wildman–Crippen MR) is 115 cm³/mol. The van der Waals surface area contributed by atoms with E-state index in [0.717, 1.165) is 12.8 Å².